The number of hydrogen-bond acceptors (Lipinski definition) is 4. The highest BCUT2D eigenvalue weighted by molar-refractivity contribution is 6.10. The SMILES string of the molecule is O=C(Nc1cnn(Cc2cccc(CNC3CCC3)c2)c1)c1n[nH]c2ccccc12. The normalized spacial score (nSPS) is 14.0. The van der Waals surface area contributed by atoms with Crippen LogP contribution in [-0.4, -0.2) is 31.9 Å². The van der Waals surface area contributed by atoms with Crippen LogP contribution in [-0.2, 0) is 13.1 Å². The maximum absolute atomic E-state index is 12.6. The molecule has 7 heteroatoms. The predicted molar refractivity (Wildman–Crippen MR) is 116 cm³/mol. The number of hydrogen-bond donors (Lipinski definition) is 3. The number of aromatic nitrogens is 4. The minimum atomic E-state index is -0.254. The Morgan fingerprint density at radius 3 is 2.87 bits per heavy atom. The van der Waals surface area contributed by atoms with Crippen molar-refractivity contribution >= 4 is 22.5 Å². The van der Waals surface area contributed by atoms with E-state index in [0.29, 0.717) is 24.0 Å². The van der Waals surface area contributed by atoms with E-state index >= 15 is 0 Å². The third-order valence-electron chi connectivity index (χ3n) is 5.61. The molecule has 7 nitrogen and oxygen atoms in total. The number of nitrogens with one attached hydrogen (secondary N) is 3. The summed E-state index contributed by atoms with van der Waals surface area (Å²) in [5.41, 5.74) is 4.33. The van der Waals surface area contributed by atoms with Crippen molar-refractivity contribution in [2.24, 2.45) is 0 Å². The molecular formula is C23H24N6O. The van der Waals surface area contributed by atoms with Crippen molar-refractivity contribution in [2.45, 2.75) is 38.4 Å². The van der Waals surface area contributed by atoms with Gasteiger partial charge in [-0.05, 0) is 30.0 Å². The van der Waals surface area contributed by atoms with Crippen molar-refractivity contribution in [3.05, 3.63) is 77.7 Å². The van der Waals surface area contributed by atoms with Crippen LogP contribution in [0.2, 0.25) is 0 Å². The van der Waals surface area contributed by atoms with Gasteiger partial charge in [0, 0.05) is 24.2 Å². The highest BCUT2D eigenvalue weighted by Gasteiger charge is 2.16. The summed E-state index contributed by atoms with van der Waals surface area (Å²) in [4.78, 5) is 12.6. The van der Waals surface area contributed by atoms with E-state index in [9.17, 15) is 4.79 Å². The minimum absolute atomic E-state index is 0.254. The lowest BCUT2D eigenvalue weighted by molar-refractivity contribution is 0.102. The Balaban J connectivity index is 1.23. The molecule has 0 atom stereocenters. The molecule has 5 rings (SSSR count). The molecular weight excluding hydrogens is 376 g/mol. The average molecular weight is 400 g/mol. The first kappa shape index (κ1) is 18.6. The molecule has 2 aromatic heterocycles. The number of para-hydroxylation sites is 1. The Bertz CT molecular complexity index is 1170. The second kappa shape index (κ2) is 8.12. The van der Waals surface area contributed by atoms with Gasteiger partial charge in [-0.2, -0.15) is 10.2 Å². The monoisotopic (exact) mass is 400 g/mol. The molecule has 1 aliphatic rings. The Labute approximate surface area is 174 Å². The van der Waals surface area contributed by atoms with E-state index in [1.54, 1.807) is 6.20 Å². The molecule has 3 N–H and O–H groups in total. The molecule has 0 saturated heterocycles. The van der Waals surface area contributed by atoms with E-state index in [1.807, 2.05) is 35.1 Å². The lowest BCUT2D eigenvalue weighted by Crippen LogP contribution is -2.34. The van der Waals surface area contributed by atoms with Crippen molar-refractivity contribution in [1.82, 2.24) is 25.3 Å². The molecule has 0 unspecified atom stereocenters. The van der Waals surface area contributed by atoms with Crippen LogP contribution >= 0.6 is 0 Å². The van der Waals surface area contributed by atoms with Crippen molar-refractivity contribution in [3.8, 4) is 0 Å². The minimum Gasteiger partial charge on any atom is -0.318 e. The molecule has 2 aromatic carbocycles. The van der Waals surface area contributed by atoms with E-state index < -0.39 is 0 Å². The molecule has 1 amide bonds. The van der Waals surface area contributed by atoms with E-state index in [0.717, 1.165) is 17.4 Å². The Hall–Kier alpha value is -3.45. The van der Waals surface area contributed by atoms with Crippen LogP contribution in [0.5, 0.6) is 0 Å². The van der Waals surface area contributed by atoms with Gasteiger partial charge in [-0.3, -0.25) is 14.6 Å². The zero-order chi connectivity index (χ0) is 20.3. The Morgan fingerprint density at radius 2 is 2.00 bits per heavy atom. The Kier molecular flexibility index (Phi) is 5.03. The third kappa shape index (κ3) is 3.97. The summed E-state index contributed by atoms with van der Waals surface area (Å²) in [6.45, 7) is 1.55. The maximum Gasteiger partial charge on any atom is 0.276 e. The summed E-state index contributed by atoms with van der Waals surface area (Å²) in [5, 5.41) is 18.7. The number of nitrogens with zero attached hydrogens (tertiary/aromatic N) is 3. The third-order valence-corrected chi connectivity index (χ3v) is 5.61. The van der Waals surface area contributed by atoms with Crippen molar-refractivity contribution in [2.75, 3.05) is 5.32 Å². The average Bonchev–Trinajstić information content (AvgIpc) is 3.34. The maximum atomic E-state index is 12.6. The lowest BCUT2D eigenvalue weighted by Gasteiger charge is -2.26. The van der Waals surface area contributed by atoms with Crippen LogP contribution in [0.15, 0.2) is 60.9 Å². The van der Waals surface area contributed by atoms with Gasteiger partial charge in [0.05, 0.1) is 23.9 Å². The summed E-state index contributed by atoms with van der Waals surface area (Å²) < 4.78 is 1.83. The van der Waals surface area contributed by atoms with Crippen molar-refractivity contribution in [1.29, 1.82) is 0 Å². The van der Waals surface area contributed by atoms with Crippen LogP contribution < -0.4 is 10.6 Å². The first-order valence-corrected chi connectivity index (χ1v) is 10.3. The fraction of sp³-hybridized carbons (Fsp3) is 0.261. The van der Waals surface area contributed by atoms with Crippen molar-refractivity contribution in [3.63, 3.8) is 0 Å². The fourth-order valence-electron chi connectivity index (χ4n) is 3.74. The molecule has 0 bridgehead atoms. The van der Waals surface area contributed by atoms with Gasteiger partial charge < -0.3 is 10.6 Å². The van der Waals surface area contributed by atoms with Gasteiger partial charge in [-0.1, -0.05) is 48.9 Å². The second-order valence-corrected chi connectivity index (χ2v) is 7.83. The molecule has 1 aliphatic carbocycles. The molecule has 152 valence electrons. The van der Waals surface area contributed by atoms with Gasteiger partial charge in [-0.25, -0.2) is 0 Å². The van der Waals surface area contributed by atoms with Crippen molar-refractivity contribution < 1.29 is 4.79 Å². The number of fused-ring (bicyclic) bond motifs is 1. The van der Waals surface area contributed by atoms with Gasteiger partial charge in [0.25, 0.3) is 5.91 Å². The van der Waals surface area contributed by atoms with Gasteiger partial charge >= 0.3 is 0 Å². The zero-order valence-electron chi connectivity index (χ0n) is 16.6. The van der Waals surface area contributed by atoms with E-state index in [-0.39, 0.29) is 5.91 Å². The van der Waals surface area contributed by atoms with Gasteiger partial charge in [0.2, 0.25) is 0 Å². The summed E-state index contributed by atoms with van der Waals surface area (Å²) in [7, 11) is 0. The quantitative estimate of drug-likeness (QED) is 0.441. The highest BCUT2D eigenvalue weighted by Crippen LogP contribution is 2.19. The molecule has 1 saturated carbocycles. The number of anilines is 1. The first-order chi connectivity index (χ1) is 14.7. The van der Waals surface area contributed by atoms with E-state index in [1.165, 1.54) is 30.4 Å². The van der Waals surface area contributed by atoms with Gasteiger partial charge in [-0.15, -0.1) is 0 Å². The predicted octanol–water partition coefficient (Wildman–Crippen LogP) is 3.70. The van der Waals surface area contributed by atoms with Gasteiger partial charge in [0.15, 0.2) is 5.69 Å². The summed E-state index contributed by atoms with van der Waals surface area (Å²) in [6, 6.07) is 16.8. The molecule has 4 aromatic rings. The Morgan fingerprint density at radius 1 is 1.13 bits per heavy atom. The highest BCUT2D eigenvalue weighted by atomic mass is 16.2. The van der Waals surface area contributed by atoms with Gasteiger partial charge in [0.1, 0.15) is 0 Å². The molecule has 0 aliphatic heterocycles. The zero-order valence-corrected chi connectivity index (χ0v) is 16.6. The topological polar surface area (TPSA) is 87.6 Å². The standard InChI is InChI=1S/C23H24N6O/c30-23(22-20-9-1-2-10-21(20)27-28-22)26-19-13-25-29(15-19)14-17-6-3-5-16(11-17)12-24-18-7-4-8-18/h1-3,5-6,9-11,13,15,18,24H,4,7-8,12,14H2,(H,26,30)(H,27,28). The number of amides is 1. The lowest BCUT2D eigenvalue weighted by atomic mass is 9.93. The van der Waals surface area contributed by atoms with E-state index in [2.05, 4.69) is 50.2 Å². The summed E-state index contributed by atoms with van der Waals surface area (Å²) in [6.07, 6.45) is 7.41. The van der Waals surface area contributed by atoms with Crippen LogP contribution in [0, 0.1) is 0 Å². The number of aromatic amines is 1. The molecule has 0 spiro atoms. The fourth-order valence-corrected chi connectivity index (χ4v) is 3.74. The smallest absolute Gasteiger partial charge is 0.276 e. The largest absolute Gasteiger partial charge is 0.318 e. The molecule has 1 fully saturated rings. The second-order valence-electron chi connectivity index (χ2n) is 7.83. The summed E-state index contributed by atoms with van der Waals surface area (Å²) in [5.74, 6) is -0.254. The number of carbonyl (C=O) groups is 1. The van der Waals surface area contributed by atoms with E-state index in [4.69, 9.17) is 0 Å². The molecule has 2 heterocycles. The first-order valence-electron chi connectivity index (χ1n) is 10.3. The molecule has 0 radical (unpaired) electrons. The summed E-state index contributed by atoms with van der Waals surface area (Å²) >= 11 is 0. The number of carbonyl (C=O) groups excluding carboxylic acids is 1. The number of benzene rings is 2. The number of H-pyrrole nitrogens is 1. The van der Waals surface area contributed by atoms with Crippen LogP contribution in [0.1, 0.15) is 40.9 Å². The van der Waals surface area contributed by atoms with Crippen LogP contribution in [0.25, 0.3) is 10.9 Å². The molecule has 30 heavy (non-hydrogen) atoms. The van der Waals surface area contributed by atoms with Crippen LogP contribution in [0.4, 0.5) is 5.69 Å². The van der Waals surface area contributed by atoms with Crippen LogP contribution in [0.3, 0.4) is 0 Å². The number of rotatable bonds is 7.